The van der Waals surface area contributed by atoms with Gasteiger partial charge in [0, 0.05) is 28.6 Å². The van der Waals surface area contributed by atoms with E-state index in [-0.39, 0.29) is 6.17 Å². The molecule has 2 aromatic rings. The van der Waals surface area contributed by atoms with Gasteiger partial charge in [0.05, 0.1) is 26.2 Å². The van der Waals surface area contributed by atoms with Gasteiger partial charge in [-0.15, -0.1) is 0 Å². The van der Waals surface area contributed by atoms with Gasteiger partial charge in [0.2, 0.25) is 0 Å². The van der Waals surface area contributed by atoms with E-state index in [2.05, 4.69) is 35.3 Å². The molecule has 1 unspecified atom stereocenters. The van der Waals surface area contributed by atoms with E-state index >= 15 is 0 Å². The van der Waals surface area contributed by atoms with Crippen LogP contribution >= 0.6 is 0 Å². The number of methoxy groups -OCH3 is 2. The molecule has 1 N–H and O–H groups in total. The zero-order valence-corrected chi connectivity index (χ0v) is 13.9. The Morgan fingerprint density at radius 1 is 1.12 bits per heavy atom. The van der Waals surface area contributed by atoms with E-state index in [1.165, 1.54) is 0 Å². The Hall–Kier alpha value is -2.95. The average Bonchev–Trinajstić information content (AvgIpc) is 2.62. The lowest BCUT2D eigenvalue weighted by molar-refractivity contribution is 0.353. The molecule has 2 heterocycles. The van der Waals surface area contributed by atoms with Crippen LogP contribution in [0.25, 0.3) is 6.08 Å². The van der Waals surface area contributed by atoms with Gasteiger partial charge in [0.25, 0.3) is 0 Å². The van der Waals surface area contributed by atoms with E-state index in [1.54, 1.807) is 20.6 Å². The van der Waals surface area contributed by atoms with Crippen LogP contribution in [-0.2, 0) is 0 Å². The number of aliphatic imine (C=N–C) groups is 1. The van der Waals surface area contributed by atoms with Crippen molar-refractivity contribution in [2.24, 2.45) is 4.99 Å². The third-order valence-electron chi connectivity index (χ3n) is 4.45. The van der Waals surface area contributed by atoms with Crippen molar-refractivity contribution < 1.29 is 9.47 Å². The Labute approximate surface area is 141 Å². The average molecular weight is 321 g/mol. The highest BCUT2D eigenvalue weighted by Crippen LogP contribution is 2.49. The van der Waals surface area contributed by atoms with Crippen LogP contribution < -0.4 is 19.7 Å². The quantitative estimate of drug-likeness (QED) is 0.927. The fraction of sp³-hybridized carbons (Fsp3) is 0.211. The van der Waals surface area contributed by atoms with Gasteiger partial charge in [-0.2, -0.15) is 0 Å². The Bertz CT molecular complexity index is 843. The second-order valence-corrected chi connectivity index (χ2v) is 5.77. The third kappa shape index (κ3) is 2.05. The molecule has 0 aromatic heterocycles. The molecule has 0 amide bonds. The Morgan fingerprint density at radius 2 is 1.92 bits per heavy atom. The van der Waals surface area contributed by atoms with Crippen molar-refractivity contribution in [2.75, 3.05) is 24.4 Å². The number of allylic oxidation sites excluding steroid dienone is 1. The number of hydrogen-bond acceptors (Lipinski definition) is 5. The molecule has 2 aliphatic heterocycles. The second kappa shape index (κ2) is 5.60. The van der Waals surface area contributed by atoms with E-state index in [4.69, 9.17) is 14.5 Å². The normalized spacial score (nSPS) is 17.7. The van der Waals surface area contributed by atoms with Crippen LogP contribution in [0.4, 0.5) is 11.4 Å². The number of para-hydroxylation sites is 1. The highest BCUT2D eigenvalue weighted by atomic mass is 16.5. The van der Waals surface area contributed by atoms with E-state index in [1.807, 2.05) is 24.3 Å². The predicted molar refractivity (Wildman–Crippen MR) is 97.0 cm³/mol. The zero-order valence-electron chi connectivity index (χ0n) is 13.9. The predicted octanol–water partition coefficient (Wildman–Crippen LogP) is 4.04. The topological polar surface area (TPSA) is 46.1 Å². The molecule has 0 saturated heterocycles. The third-order valence-corrected chi connectivity index (χ3v) is 4.45. The fourth-order valence-electron chi connectivity index (χ4n) is 3.43. The summed E-state index contributed by atoms with van der Waals surface area (Å²) in [5, 5.41) is 3.23. The molecule has 0 fully saturated rings. The first-order valence-corrected chi connectivity index (χ1v) is 7.84. The Morgan fingerprint density at radius 3 is 2.62 bits per heavy atom. The molecule has 0 aliphatic carbocycles. The molecule has 2 aromatic carbocycles. The van der Waals surface area contributed by atoms with Crippen LogP contribution in [0, 0.1) is 0 Å². The monoisotopic (exact) mass is 321 g/mol. The minimum absolute atomic E-state index is 0.122. The maximum Gasteiger partial charge on any atom is 0.168 e. The first kappa shape index (κ1) is 14.6. The van der Waals surface area contributed by atoms with Gasteiger partial charge in [0.15, 0.2) is 17.7 Å². The van der Waals surface area contributed by atoms with Crippen LogP contribution in [0.2, 0.25) is 0 Å². The summed E-state index contributed by atoms with van der Waals surface area (Å²) >= 11 is 0. The van der Waals surface area contributed by atoms with Gasteiger partial charge >= 0.3 is 0 Å². The summed E-state index contributed by atoms with van der Waals surface area (Å²) in [5.74, 6) is 1.46. The minimum atomic E-state index is -0.122. The summed E-state index contributed by atoms with van der Waals surface area (Å²) in [7, 11) is 3.32. The molecule has 2 aliphatic rings. The van der Waals surface area contributed by atoms with Crippen LogP contribution in [0.15, 0.2) is 47.1 Å². The van der Waals surface area contributed by atoms with E-state index in [9.17, 15) is 0 Å². The summed E-state index contributed by atoms with van der Waals surface area (Å²) in [6.07, 6.45) is 3.76. The van der Waals surface area contributed by atoms with Crippen LogP contribution in [0.1, 0.15) is 24.2 Å². The van der Waals surface area contributed by atoms with Gasteiger partial charge < -0.3 is 19.7 Å². The SMILES string of the molecule is COc1cc2c3c(c1OC)C=C(C)N(c1ccccc1)C3N=CN2. The zero-order chi connectivity index (χ0) is 16.7. The number of anilines is 2. The molecule has 5 nitrogen and oxygen atoms in total. The number of rotatable bonds is 3. The molecular weight excluding hydrogens is 302 g/mol. The molecule has 1 atom stereocenters. The maximum absolute atomic E-state index is 5.63. The lowest BCUT2D eigenvalue weighted by atomic mass is 9.94. The highest BCUT2D eigenvalue weighted by molar-refractivity contribution is 5.89. The van der Waals surface area contributed by atoms with E-state index in [0.717, 1.165) is 33.9 Å². The van der Waals surface area contributed by atoms with Gasteiger partial charge in [-0.05, 0) is 25.1 Å². The smallest absolute Gasteiger partial charge is 0.168 e. The van der Waals surface area contributed by atoms with Gasteiger partial charge in [-0.1, -0.05) is 18.2 Å². The second-order valence-electron chi connectivity index (χ2n) is 5.77. The van der Waals surface area contributed by atoms with Crippen molar-refractivity contribution in [2.45, 2.75) is 13.1 Å². The minimum Gasteiger partial charge on any atom is -0.493 e. The first-order chi connectivity index (χ1) is 11.7. The summed E-state index contributed by atoms with van der Waals surface area (Å²) in [5.41, 5.74) is 5.33. The van der Waals surface area contributed by atoms with Gasteiger partial charge in [-0.25, -0.2) is 4.99 Å². The van der Waals surface area contributed by atoms with Crippen LogP contribution in [0.5, 0.6) is 11.5 Å². The molecule has 0 spiro atoms. The molecular formula is C19H19N3O2. The maximum atomic E-state index is 5.63. The lowest BCUT2D eigenvalue weighted by Crippen LogP contribution is -2.32. The highest BCUT2D eigenvalue weighted by Gasteiger charge is 2.34. The Kier molecular flexibility index (Phi) is 3.41. The van der Waals surface area contributed by atoms with Gasteiger partial charge in [-0.3, -0.25) is 0 Å². The fourth-order valence-corrected chi connectivity index (χ4v) is 3.43. The summed E-state index contributed by atoms with van der Waals surface area (Å²) in [6, 6.07) is 12.3. The standard InChI is InChI=1S/C19H19N3O2/c1-12-9-14-17-15(10-16(23-2)18(14)24-3)20-11-21-19(17)22(12)13-7-5-4-6-8-13/h4-11,19H,1-3H3,(H,20,21). The molecule has 0 radical (unpaired) electrons. The number of ether oxygens (including phenoxy) is 2. The van der Waals surface area contributed by atoms with Crippen molar-refractivity contribution >= 4 is 23.8 Å². The van der Waals surface area contributed by atoms with E-state index < -0.39 is 0 Å². The van der Waals surface area contributed by atoms with E-state index in [0.29, 0.717) is 5.75 Å². The number of nitrogens with zero attached hydrogens (tertiary/aromatic N) is 2. The van der Waals surface area contributed by atoms with Crippen molar-refractivity contribution in [1.29, 1.82) is 0 Å². The van der Waals surface area contributed by atoms with Crippen molar-refractivity contribution in [1.82, 2.24) is 0 Å². The Balaban J connectivity index is 1.96. The number of benzene rings is 2. The van der Waals surface area contributed by atoms with Gasteiger partial charge in [0.1, 0.15) is 0 Å². The van der Waals surface area contributed by atoms with Crippen molar-refractivity contribution in [3.05, 3.63) is 53.2 Å². The van der Waals surface area contributed by atoms with Crippen molar-refractivity contribution in [3.8, 4) is 11.5 Å². The van der Waals surface area contributed by atoms with Crippen LogP contribution in [-0.4, -0.2) is 20.6 Å². The summed E-state index contributed by atoms with van der Waals surface area (Å²) in [6.45, 7) is 2.09. The van der Waals surface area contributed by atoms with Crippen LogP contribution in [0.3, 0.4) is 0 Å². The van der Waals surface area contributed by atoms with Crippen molar-refractivity contribution in [3.63, 3.8) is 0 Å². The summed E-state index contributed by atoms with van der Waals surface area (Å²) in [4.78, 5) is 6.92. The molecule has 5 heteroatoms. The number of hydrogen-bond donors (Lipinski definition) is 1. The molecule has 122 valence electrons. The molecule has 24 heavy (non-hydrogen) atoms. The first-order valence-electron chi connectivity index (χ1n) is 7.84. The lowest BCUT2D eigenvalue weighted by Gasteiger charge is -2.39. The molecule has 4 rings (SSSR count). The number of nitrogens with one attached hydrogen (secondary N) is 1. The molecule has 0 saturated carbocycles. The largest absolute Gasteiger partial charge is 0.493 e. The summed E-state index contributed by atoms with van der Waals surface area (Å²) < 4.78 is 11.1. The molecule has 0 bridgehead atoms.